The first-order valence-electron chi connectivity index (χ1n) is 5.72. The van der Waals surface area contributed by atoms with Crippen LogP contribution in [0.15, 0.2) is 0 Å². The molecule has 0 radical (unpaired) electrons. The minimum atomic E-state index is -0.499. The number of halogens is 1. The molecule has 6 heteroatoms. The van der Waals surface area contributed by atoms with Crippen LogP contribution in [0.2, 0.25) is 5.02 Å². The Bertz CT molecular complexity index is 678. The number of pyridine rings is 1. The maximum atomic E-state index is 11.8. The number of hydrogen-bond acceptors (Lipinski definition) is 5. The highest BCUT2D eigenvalue weighted by atomic mass is 35.5. The van der Waals surface area contributed by atoms with Crippen molar-refractivity contribution < 1.29 is 14.3 Å². The molecule has 0 aliphatic heterocycles. The fraction of sp³-hybridized carbons (Fsp3) is 0.308. The first-order valence-corrected chi connectivity index (χ1v) is 6.92. The highest BCUT2D eigenvalue weighted by Gasteiger charge is 2.22. The number of carbonyl (C=O) groups is 2. The van der Waals surface area contributed by atoms with Crippen molar-refractivity contribution >= 4 is 45.4 Å². The van der Waals surface area contributed by atoms with E-state index in [1.54, 1.807) is 13.8 Å². The zero-order valence-corrected chi connectivity index (χ0v) is 12.3. The summed E-state index contributed by atoms with van der Waals surface area (Å²) in [6.45, 7) is 5.58. The number of aromatic nitrogens is 1. The zero-order valence-electron chi connectivity index (χ0n) is 10.7. The Morgan fingerprint density at radius 1 is 1.47 bits per heavy atom. The van der Waals surface area contributed by atoms with Crippen molar-refractivity contribution in [3.63, 3.8) is 0 Å². The van der Waals surface area contributed by atoms with Crippen molar-refractivity contribution in [1.29, 1.82) is 0 Å². The Kier molecular flexibility index (Phi) is 3.87. The lowest BCUT2D eigenvalue weighted by molar-refractivity contribution is 0.0530. The molecule has 0 bridgehead atoms. The summed E-state index contributed by atoms with van der Waals surface area (Å²) in [5.41, 5.74) is 1.75. The molecule has 2 aromatic heterocycles. The third-order valence-corrected chi connectivity index (χ3v) is 4.43. The van der Waals surface area contributed by atoms with Crippen LogP contribution in [0.25, 0.3) is 10.2 Å². The maximum absolute atomic E-state index is 11.8. The highest BCUT2D eigenvalue weighted by molar-refractivity contribution is 7.20. The van der Waals surface area contributed by atoms with Crippen LogP contribution >= 0.6 is 22.9 Å². The normalized spacial score (nSPS) is 10.7. The van der Waals surface area contributed by atoms with Gasteiger partial charge in [0.25, 0.3) is 0 Å². The van der Waals surface area contributed by atoms with Crippen molar-refractivity contribution in [2.75, 3.05) is 6.61 Å². The summed E-state index contributed by atoms with van der Waals surface area (Å²) in [5.74, 6) is -0.499. The molecule has 0 spiro atoms. The molecule has 2 aromatic rings. The zero-order chi connectivity index (χ0) is 14.2. The van der Waals surface area contributed by atoms with E-state index in [1.807, 2.05) is 6.92 Å². The summed E-state index contributed by atoms with van der Waals surface area (Å²) >= 11 is 7.30. The van der Waals surface area contributed by atoms with Crippen molar-refractivity contribution in [3.8, 4) is 0 Å². The first kappa shape index (κ1) is 14.0. The van der Waals surface area contributed by atoms with Gasteiger partial charge in [-0.25, -0.2) is 9.78 Å². The van der Waals surface area contributed by atoms with Gasteiger partial charge in [0, 0.05) is 10.9 Å². The second kappa shape index (κ2) is 5.27. The first-order chi connectivity index (χ1) is 9.01. The smallest absolute Gasteiger partial charge is 0.349 e. The van der Waals surface area contributed by atoms with Crippen LogP contribution in [0.5, 0.6) is 0 Å². The lowest BCUT2D eigenvalue weighted by Crippen LogP contribution is -2.04. The van der Waals surface area contributed by atoms with E-state index in [0.717, 1.165) is 16.9 Å². The van der Waals surface area contributed by atoms with Gasteiger partial charge >= 0.3 is 5.97 Å². The van der Waals surface area contributed by atoms with E-state index in [-0.39, 0.29) is 11.5 Å². The Balaban J connectivity index is 2.79. The number of thiophene rings is 1. The second-order valence-electron chi connectivity index (χ2n) is 4.00. The molecule has 0 fully saturated rings. The van der Waals surface area contributed by atoms with Crippen molar-refractivity contribution in [2.24, 2.45) is 0 Å². The van der Waals surface area contributed by atoms with Gasteiger partial charge in [0.15, 0.2) is 6.29 Å². The summed E-state index contributed by atoms with van der Waals surface area (Å²) in [6, 6.07) is 0. The van der Waals surface area contributed by atoms with Gasteiger partial charge in [0.1, 0.15) is 9.71 Å². The molecule has 19 heavy (non-hydrogen) atoms. The molecule has 0 saturated carbocycles. The molecule has 100 valence electrons. The average Bonchev–Trinajstić information content (AvgIpc) is 2.74. The third kappa shape index (κ3) is 2.24. The molecule has 2 rings (SSSR count). The molecule has 0 aromatic carbocycles. The Morgan fingerprint density at radius 3 is 2.74 bits per heavy atom. The maximum Gasteiger partial charge on any atom is 0.349 e. The van der Waals surface area contributed by atoms with E-state index < -0.39 is 5.97 Å². The molecular weight excluding hydrogens is 286 g/mol. The molecule has 0 N–H and O–H groups in total. The summed E-state index contributed by atoms with van der Waals surface area (Å²) in [7, 11) is 0. The van der Waals surface area contributed by atoms with Crippen LogP contribution in [-0.4, -0.2) is 23.8 Å². The average molecular weight is 298 g/mol. The summed E-state index contributed by atoms with van der Waals surface area (Å²) < 4.78 is 4.95. The lowest BCUT2D eigenvalue weighted by Gasteiger charge is -2.03. The molecule has 0 atom stereocenters. The van der Waals surface area contributed by atoms with Crippen LogP contribution in [0.4, 0.5) is 0 Å². The van der Waals surface area contributed by atoms with Crippen molar-refractivity contribution in [3.05, 3.63) is 26.7 Å². The van der Waals surface area contributed by atoms with Crippen molar-refractivity contribution in [1.82, 2.24) is 4.98 Å². The van der Waals surface area contributed by atoms with Gasteiger partial charge < -0.3 is 4.74 Å². The molecule has 0 unspecified atom stereocenters. The molecule has 0 aliphatic carbocycles. The second-order valence-corrected chi connectivity index (χ2v) is 5.38. The van der Waals surface area contributed by atoms with Gasteiger partial charge in [0.05, 0.1) is 17.3 Å². The highest BCUT2D eigenvalue weighted by Crippen LogP contribution is 2.35. The van der Waals surface area contributed by atoms with E-state index in [1.165, 1.54) is 0 Å². The Morgan fingerprint density at radius 2 is 2.16 bits per heavy atom. The number of carbonyl (C=O) groups excluding carboxylic acids is 2. The van der Waals surface area contributed by atoms with Gasteiger partial charge in [-0.15, -0.1) is 11.3 Å². The largest absolute Gasteiger partial charge is 0.462 e. The standard InChI is InChI=1S/C13H12ClNO3S/c1-4-18-13(17)11-8(5-16)9-6(2)10(14)7(3)15-12(9)19-11/h5H,4H2,1-3H3. The van der Waals surface area contributed by atoms with Gasteiger partial charge in [-0.3, -0.25) is 4.79 Å². The molecular formula is C13H12ClNO3S. The molecule has 0 saturated heterocycles. The van der Waals surface area contributed by atoms with Crippen LogP contribution in [0.1, 0.15) is 38.2 Å². The van der Waals surface area contributed by atoms with E-state index in [9.17, 15) is 9.59 Å². The minimum absolute atomic E-state index is 0.261. The molecule has 0 amide bonds. The van der Waals surface area contributed by atoms with E-state index in [4.69, 9.17) is 16.3 Å². The predicted octanol–water partition coefficient (Wildman–Crippen LogP) is 3.56. The monoisotopic (exact) mass is 297 g/mol. The number of hydrogen-bond donors (Lipinski definition) is 0. The number of ether oxygens (including phenoxy) is 1. The van der Waals surface area contributed by atoms with Gasteiger partial charge in [0.2, 0.25) is 0 Å². The number of nitrogens with zero attached hydrogens (tertiary/aromatic N) is 1. The summed E-state index contributed by atoms with van der Waals surface area (Å²) in [4.78, 5) is 28.4. The van der Waals surface area contributed by atoms with Crippen LogP contribution in [0, 0.1) is 13.8 Å². The quantitative estimate of drug-likeness (QED) is 0.642. The number of aryl methyl sites for hydroxylation is 2. The third-order valence-electron chi connectivity index (χ3n) is 2.80. The predicted molar refractivity (Wildman–Crippen MR) is 75.4 cm³/mol. The summed E-state index contributed by atoms with van der Waals surface area (Å²) in [5, 5.41) is 1.16. The van der Waals surface area contributed by atoms with Crippen LogP contribution in [0.3, 0.4) is 0 Å². The topological polar surface area (TPSA) is 56.3 Å². The fourth-order valence-corrected chi connectivity index (χ4v) is 3.20. The van der Waals surface area contributed by atoms with Crippen LogP contribution < -0.4 is 0 Å². The van der Waals surface area contributed by atoms with E-state index in [0.29, 0.717) is 32.8 Å². The summed E-state index contributed by atoms with van der Waals surface area (Å²) in [6.07, 6.45) is 0.658. The van der Waals surface area contributed by atoms with Gasteiger partial charge in [-0.1, -0.05) is 11.6 Å². The number of rotatable bonds is 3. The molecule has 2 heterocycles. The number of fused-ring (bicyclic) bond motifs is 1. The Labute approximate surface area is 119 Å². The Hall–Kier alpha value is -1.46. The van der Waals surface area contributed by atoms with Gasteiger partial charge in [-0.05, 0) is 26.3 Å². The lowest BCUT2D eigenvalue weighted by atomic mass is 10.1. The number of aldehydes is 1. The SMILES string of the molecule is CCOC(=O)c1sc2nc(C)c(Cl)c(C)c2c1C=O. The molecule has 0 aliphatic rings. The fourth-order valence-electron chi connectivity index (χ4n) is 1.92. The van der Waals surface area contributed by atoms with E-state index in [2.05, 4.69) is 4.98 Å². The van der Waals surface area contributed by atoms with Crippen LogP contribution in [-0.2, 0) is 4.74 Å². The van der Waals surface area contributed by atoms with Gasteiger partial charge in [-0.2, -0.15) is 0 Å². The van der Waals surface area contributed by atoms with E-state index >= 15 is 0 Å². The van der Waals surface area contributed by atoms with Crippen molar-refractivity contribution in [2.45, 2.75) is 20.8 Å². The number of esters is 1. The minimum Gasteiger partial charge on any atom is -0.462 e. The molecule has 4 nitrogen and oxygen atoms in total.